The molecule has 0 spiro atoms. The number of nitrogens with one attached hydrogen (secondary N) is 3. The van der Waals surface area contributed by atoms with E-state index in [4.69, 9.17) is 12.2 Å². The molecule has 0 aliphatic heterocycles. The van der Waals surface area contributed by atoms with Crippen molar-refractivity contribution in [2.75, 3.05) is 10.6 Å². The molecule has 0 aliphatic rings. The lowest BCUT2D eigenvalue weighted by atomic mass is 10.1. The van der Waals surface area contributed by atoms with E-state index in [1.807, 2.05) is 24.3 Å². The Morgan fingerprint density at radius 2 is 1.72 bits per heavy atom. The van der Waals surface area contributed by atoms with E-state index < -0.39 is 11.7 Å². The summed E-state index contributed by atoms with van der Waals surface area (Å²) in [5.41, 5.74) is 2.09. The van der Waals surface area contributed by atoms with Crippen LogP contribution in [0.5, 0.6) is 0 Å². The predicted octanol–water partition coefficient (Wildman–Crippen LogP) is 4.90. The fourth-order valence-corrected chi connectivity index (χ4v) is 2.45. The molecule has 8 heteroatoms. The van der Waals surface area contributed by atoms with E-state index in [2.05, 4.69) is 20.6 Å². The van der Waals surface area contributed by atoms with Crippen LogP contribution < -0.4 is 10.6 Å². The lowest BCUT2D eigenvalue weighted by Gasteiger charge is -2.13. The molecule has 2 aromatic carbocycles. The average molecular weight is 362 g/mol. The number of anilines is 2. The number of aromatic amines is 1. The molecule has 25 heavy (non-hydrogen) atoms. The van der Waals surface area contributed by atoms with Crippen LogP contribution in [0.2, 0.25) is 0 Å². The quantitative estimate of drug-likeness (QED) is 0.580. The number of halogens is 3. The van der Waals surface area contributed by atoms with Crippen LogP contribution in [0, 0.1) is 0 Å². The number of alkyl halides is 3. The normalized spacial score (nSPS) is 11.2. The second-order valence-electron chi connectivity index (χ2n) is 5.20. The zero-order chi connectivity index (χ0) is 17.9. The van der Waals surface area contributed by atoms with Gasteiger partial charge in [-0.2, -0.15) is 13.2 Å². The van der Waals surface area contributed by atoms with Gasteiger partial charge in [0, 0.05) is 11.4 Å². The van der Waals surface area contributed by atoms with Gasteiger partial charge in [0.15, 0.2) is 5.11 Å². The molecule has 0 radical (unpaired) electrons. The molecule has 0 unspecified atom stereocenters. The average Bonchev–Trinajstić information content (AvgIpc) is 3.09. The number of imidazole rings is 1. The Balaban J connectivity index is 1.65. The van der Waals surface area contributed by atoms with Gasteiger partial charge < -0.3 is 15.6 Å². The van der Waals surface area contributed by atoms with E-state index in [-0.39, 0.29) is 10.8 Å². The van der Waals surface area contributed by atoms with Crippen LogP contribution in [0.15, 0.2) is 61.1 Å². The number of benzene rings is 2. The number of hydrogen-bond acceptors (Lipinski definition) is 2. The van der Waals surface area contributed by atoms with Crippen LogP contribution in [-0.4, -0.2) is 15.1 Å². The monoisotopic (exact) mass is 362 g/mol. The maximum absolute atomic E-state index is 12.7. The molecular formula is C17H13F3N4S. The van der Waals surface area contributed by atoms with Gasteiger partial charge >= 0.3 is 6.18 Å². The van der Waals surface area contributed by atoms with Crippen LogP contribution in [0.4, 0.5) is 24.5 Å². The molecule has 0 aliphatic carbocycles. The second-order valence-corrected chi connectivity index (χ2v) is 5.61. The molecule has 0 saturated heterocycles. The van der Waals surface area contributed by atoms with E-state index in [0.29, 0.717) is 5.69 Å². The Bertz CT molecular complexity index is 858. The molecule has 3 N–H and O–H groups in total. The molecule has 0 bridgehead atoms. The molecule has 1 aromatic heterocycles. The third kappa shape index (κ3) is 4.36. The van der Waals surface area contributed by atoms with Crippen molar-refractivity contribution in [2.24, 2.45) is 0 Å². The first-order valence-electron chi connectivity index (χ1n) is 7.26. The number of nitrogens with zero attached hydrogens (tertiary/aromatic N) is 1. The Kier molecular flexibility index (Phi) is 4.71. The Morgan fingerprint density at radius 3 is 2.36 bits per heavy atom. The maximum Gasteiger partial charge on any atom is 0.416 e. The summed E-state index contributed by atoms with van der Waals surface area (Å²) in [4.78, 5) is 6.96. The Morgan fingerprint density at radius 1 is 1.00 bits per heavy atom. The third-order valence-corrected chi connectivity index (χ3v) is 3.60. The summed E-state index contributed by atoms with van der Waals surface area (Å²) in [6, 6.07) is 12.3. The fourth-order valence-electron chi connectivity index (χ4n) is 2.21. The molecule has 0 amide bonds. The van der Waals surface area contributed by atoms with Gasteiger partial charge in [-0.1, -0.05) is 18.2 Å². The van der Waals surface area contributed by atoms with Crippen LogP contribution in [-0.2, 0) is 6.18 Å². The molecule has 3 rings (SSSR count). The standard InChI is InChI=1S/C17H13F3N4S/c18-17(19,20)12-2-1-3-14(8-12)24-16(25)23-13-6-4-11(5-7-13)15-9-21-10-22-15/h1-10H,(H,21,22)(H2,23,24,25). The first kappa shape index (κ1) is 17.0. The molecule has 0 fully saturated rings. The highest BCUT2D eigenvalue weighted by atomic mass is 32.1. The molecular weight excluding hydrogens is 349 g/mol. The summed E-state index contributed by atoms with van der Waals surface area (Å²) < 4.78 is 38.2. The van der Waals surface area contributed by atoms with Crippen LogP contribution in [0.25, 0.3) is 11.3 Å². The third-order valence-electron chi connectivity index (χ3n) is 3.40. The summed E-state index contributed by atoms with van der Waals surface area (Å²) >= 11 is 5.15. The summed E-state index contributed by atoms with van der Waals surface area (Å²) in [6.07, 6.45) is -1.09. The van der Waals surface area contributed by atoms with Crippen molar-refractivity contribution in [2.45, 2.75) is 6.18 Å². The van der Waals surface area contributed by atoms with Crippen molar-refractivity contribution in [3.63, 3.8) is 0 Å². The zero-order valence-electron chi connectivity index (χ0n) is 12.8. The summed E-state index contributed by atoms with van der Waals surface area (Å²) in [5, 5.41) is 5.89. The Labute approximate surface area is 147 Å². The van der Waals surface area contributed by atoms with Gasteiger partial charge in [-0.15, -0.1) is 0 Å². The fraction of sp³-hybridized carbons (Fsp3) is 0.0588. The number of rotatable bonds is 3. The SMILES string of the molecule is FC(F)(F)c1cccc(NC(=S)Nc2ccc(-c3cnc[nH]3)cc2)c1. The van der Waals surface area contributed by atoms with Gasteiger partial charge in [-0.3, -0.25) is 0 Å². The Hall–Kier alpha value is -2.87. The molecule has 0 atom stereocenters. The van der Waals surface area contributed by atoms with Crippen LogP contribution in [0.3, 0.4) is 0 Å². The first-order chi connectivity index (χ1) is 11.9. The lowest BCUT2D eigenvalue weighted by molar-refractivity contribution is -0.137. The highest BCUT2D eigenvalue weighted by Crippen LogP contribution is 2.30. The number of H-pyrrole nitrogens is 1. The first-order valence-corrected chi connectivity index (χ1v) is 7.67. The van der Waals surface area contributed by atoms with E-state index in [0.717, 1.165) is 23.4 Å². The smallest absolute Gasteiger partial charge is 0.345 e. The number of aromatic nitrogens is 2. The van der Waals surface area contributed by atoms with Crippen molar-refractivity contribution in [1.82, 2.24) is 9.97 Å². The lowest BCUT2D eigenvalue weighted by Crippen LogP contribution is -2.19. The van der Waals surface area contributed by atoms with E-state index in [1.54, 1.807) is 12.5 Å². The summed E-state index contributed by atoms with van der Waals surface area (Å²) in [6.45, 7) is 0. The molecule has 0 saturated carbocycles. The summed E-state index contributed by atoms with van der Waals surface area (Å²) in [5.74, 6) is 0. The predicted molar refractivity (Wildman–Crippen MR) is 95.3 cm³/mol. The second kappa shape index (κ2) is 6.94. The highest BCUT2D eigenvalue weighted by Gasteiger charge is 2.30. The van der Waals surface area contributed by atoms with Crippen LogP contribution >= 0.6 is 12.2 Å². The number of thiocarbonyl (C=S) groups is 1. The van der Waals surface area contributed by atoms with E-state index >= 15 is 0 Å². The molecule has 1 heterocycles. The van der Waals surface area contributed by atoms with Gasteiger partial charge in [-0.25, -0.2) is 4.98 Å². The van der Waals surface area contributed by atoms with Gasteiger partial charge in [0.05, 0.1) is 23.8 Å². The molecule has 128 valence electrons. The highest BCUT2D eigenvalue weighted by molar-refractivity contribution is 7.80. The van der Waals surface area contributed by atoms with Gasteiger partial charge in [0.1, 0.15) is 0 Å². The van der Waals surface area contributed by atoms with Crippen molar-refractivity contribution in [3.8, 4) is 11.3 Å². The molecule has 3 aromatic rings. The maximum atomic E-state index is 12.7. The van der Waals surface area contributed by atoms with Gasteiger partial charge in [-0.05, 0) is 48.1 Å². The minimum Gasteiger partial charge on any atom is -0.345 e. The van der Waals surface area contributed by atoms with E-state index in [9.17, 15) is 13.2 Å². The topological polar surface area (TPSA) is 52.7 Å². The number of hydrogen-bond donors (Lipinski definition) is 3. The van der Waals surface area contributed by atoms with Crippen molar-refractivity contribution in [3.05, 3.63) is 66.6 Å². The minimum atomic E-state index is -4.39. The van der Waals surface area contributed by atoms with Crippen LogP contribution in [0.1, 0.15) is 5.56 Å². The van der Waals surface area contributed by atoms with Gasteiger partial charge in [0.2, 0.25) is 0 Å². The van der Waals surface area contributed by atoms with Crippen molar-refractivity contribution < 1.29 is 13.2 Å². The largest absolute Gasteiger partial charge is 0.416 e. The summed E-state index contributed by atoms with van der Waals surface area (Å²) in [7, 11) is 0. The minimum absolute atomic E-state index is 0.202. The molecule has 4 nitrogen and oxygen atoms in total. The van der Waals surface area contributed by atoms with Crippen molar-refractivity contribution >= 4 is 28.7 Å². The van der Waals surface area contributed by atoms with Crippen molar-refractivity contribution in [1.29, 1.82) is 0 Å². The zero-order valence-corrected chi connectivity index (χ0v) is 13.6. The van der Waals surface area contributed by atoms with E-state index in [1.165, 1.54) is 12.1 Å². The van der Waals surface area contributed by atoms with Gasteiger partial charge in [0.25, 0.3) is 0 Å².